The predicted octanol–water partition coefficient (Wildman–Crippen LogP) is 5.12. The van der Waals surface area contributed by atoms with Gasteiger partial charge in [0, 0.05) is 24.2 Å². The summed E-state index contributed by atoms with van der Waals surface area (Å²) in [5.74, 6) is -0.0778. The lowest BCUT2D eigenvalue weighted by Crippen LogP contribution is -2.13. The van der Waals surface area contributed by atoms with Gasteiger partial charge in [0.15, 0.2) is 17.3 Å². The molecule has 0 radical (unpaired) electrons. The Bertz CT molecular complexity index is 1170. The van der Waals surface area contributed by atoms with Gasteiger partial charge in [-0.1, -0.05) is 23.2 Å². The molecule has 0 aliphatic heterocycles. The van der Waals surface area contributed by atoms with Gasteiger partial charge in [-0.15, -0.1) is 0 Å². The second kappa shape index (κ2) is 7.31. The maximum atomic E-state index is 13.3. The van der Waals surface area contributed by atoms with E-state index < -0.39 is 10.0 Å². The van der Waals surface area contributed by atoms with Crippen molar-refractivity contribution in [2.75, 3.05) is 7.11 Å². The van der Waals surface area contributed by atoms with Crippen LogP contribution in [0.5, 0.6) is 5.75 Å². The number of nitrogens with zero attached hydrogens (tertiary/aromatic N) is 1. The Morgan fingerprint density at radius 3 is 2.25 bits per heavy atom. The Morgan fingerprint density at radius 1 is 1.14 bits per heavy atom. The molecule has 3 aromatic rings. The van der Waals surface area contributed by atoms with Crippen LogP contribution in [-0.4, -0.2) is 25.3 Å². The Hall–Kier alpha value is -2.22. The highest BCUT2D eigenvalue weighted by Gasteiger charge is 2.27. The summed E-state index contributed by atoms with van der Waals surface area (Å²) in [6, 6.07) is 5.85. The highest BCUT2D eigenvalue weighted by Crippen LogP contribution is 2.37. The van der Waals surface area contributed by atoms with E-state index in [0.717, 1.165) is 3.97 Å². The number of aromatic nitrogens is 1. The largest absolute Gasteiger partial charge is 0.493 e. The first kappa shape index (κ1) is 20.5. The summed E-state index contributed by atoms with van der Waals surface area (Å²) in [5.41, 5.74) is 1.37. The first-order valence-corrected chi connectivity index (χ1v) is 10.4. The third-order valence-electron chi connectivity index (χ3n) is 4.24. The van der Waals surface area contributed by atoms with Gasteiger partial charge in [-0.05, 0) is 43.2 Å². The minimum absolute atomic E-state index is 0.0168. The molecule has 2 aromatic heterocycles. The smallest absolute Gasteiger partial charge is 0.268 e. The first-order valence-electron chi connectivity index (χ1n) is 8.16. The molecule has 0 fully saturated rings. The number of furan rings is 1. The third kappa shape index (κ3) is 3.34. The lowest BCUT2D eigenvalue weighted by Gasteiger charge is -2.12. The van der Waals surface area contributed by atoms with Crippen LogP contribution >= 0.6 is 23.2 Å². The summed E-state index contributed by atoms with van der Waals surface area (Å²) in [6.07, 6.45) is 1.33. The minimum atomic E-state index is -4.00. The number of benzene rings is 1. The van der Waals surface area contributed by atoms with Gasteiger partial charge < -0.3 is 9.15 Å². The fourth-order valence-electron chi connectivity index (χ4n) is 2.88. The van der Waals surface area contributed by atoms with E-state index in [1.807, 2.05) is 0 Å². The highest BCUT2D eigenvalue weighted by molar-refractivity contribution is 7.90. The van der Waals surface area contributed by atoms with Gasteiger partial charge in [0.25, 0.3) is 10.0 Å². The number of carbonyl (C=O) groups excluding carboxylic acids is 1. The Morgan fingerprint density at radius 2 is 1.75 bits per heavy atom. The summed E-state index contributed by atoms with van der Waals surface area (Å²) in [7, 11) is -2.61. The summed E-state index contributed by atoms with van der Waals surface area (Å²) in [5, 5.41) is 0.657. The van der Waals surface area contributed by atoms with E-state index in [4.69, 9.17) is 32.4 Å². The van der Waals surface area contributed by atoms with Gasteiger partial charge in [0.2, 0.25) is 5.76 Å². The van der Waals surface area contributed by atoms with Gasteiger partial charge in [-0.25, -0.2) is 12.4 Å². The van der Waals surface area contributed by atoms with Crippen LogP contribution in [0, 0.1) is 13.8 Å². The topological polar surface area (TPSA) is 78.5 Å². The maximum Gasteiger partial charge on any atom is 0.268 e. The van der Waals surface area contributed by atoms with Crippen LogP contribution in [0.4, 0.5) is 0 Å². The molecule has 0 spiro atoms. The zero-order chi connectivity index (χ0) is 20.8. The molecule has 148 valence electrons. The van der Waals surface area contributed by atoms with Gasteiger partial charge >= 0.3 is 0 Å². The molecule has 0 atom stereocenters. The number of rotatable bonds is 5. The highest BCUT2D eigenvalue weighted by atomic mass is 35.5. The third-order valence-corrected chi connectivity index (χ3v) is 6.80. The van der Waals surface area contributed by atoms with Gasteiger partial charge in [-0.2, -0.15) is 0 Å². The van der Waals surface area contributed by atoms with Crippen molar-refractivity contribution in [3.63, 3.8) is 0 Å². The van der Waals surface area contributed by atoms with E-state index in [0.29, 0.717) is 16.1 Å². The monoisotopic (exact) mass is 441 g/mol. The lowest BCUT2D eigenvalue weighted by atomic mass is 10.2. The van der Waals surface area contributed by atoms with Crippen molar-refractivity contribution in [3.05, 3.63) is 57.4 Å². The predicted molar refractivity (Wildman–Crippen MR) is 107 cm³/mol. The number of methoxy groups -OCH3 is 1. The molecule has 28 heavy (non-hydrogen) atoms. The number of carbonyl (C=O) groups is 1. The molecular formula is C19H17Cl2NO5S. The molecule has 9 heteroatoms. The van der Waals surface area contributed by atoms with E-state index in [2.05, 4.69) is 0 Å². The van der Waals surface area contributed by atoms with E-state index in [-0.39, 0.29) is 38.7 Å². The second-order valence-corrected chi connectivity index (χ2v) is 8.85. The summed E-state index contributed by atoms with van der Waals surface area (Å²) in [4.78, 5) is 11.8. The van der Waals surface area contributed by atoms with Crippen LogP contribution in [0.15, 0.2) is 39.8 Å². The van der Waals surface area contributed by atoms with Crippen LogP contribution in [0.1, 0.15) is 28.6 Å². The zero-order valence-corrected chi connectivity index (χ0v) is 17.9. The molecule has 2 heterocycles. The number of ether oxygens (including phenoxy) is 1. The summed E-state index contributed by atoms with van der Waals surface area (Å²) < 4.78 is 38.3. The van der Waals surface area contributed by atoms with Crippen molar-refractivity contribution >= 4 is 39.0 Å². The van der Waals surface area contributed by atoms with E-state index >= 15 is 0 Å². The molecule has 0 bridgehead atoms. The van der Waals surface area contributed by atoms with E-state index in [1.165, 1.54) is 44.5 Å². The van der Waals surface area contributed by atoms with Crippen LogP contribution in [0.25, 0.3) is 11.5 Å². The van der Waals surface area contributed by atoms with E-state index in [1.54, 1.807) is 13.8 Å². The Kier molecular flexibility index (Phi) is 5.36. The van der Waals surface area contributed by atoms with Crippen molar-refractivity contribution in [2.24, 2.45) is 0 Å². The standard InChI is InChI=1S/C19H17Cl2NO5S/c1-10-7-13(8-11(2)17(10)21)28(24,25)22-6-5-14(20)18(22)15-9-16(26-4)19(27-15)12(3)23/h5-9H,1-4H3. The van der Waals surface area contributed by atoms with Crippen LogP contribution < -0.4 is 4.74 Å². The number of hydrogen-bond acceptors (Lipinski definition) is 5. The van der Waals surface area contributed by atoms with Crippen molar-refractivity contribution in [1.29, 1.82) is 0 Å². The zero-order valence-electron chi connectivity index (χ0n) is 15.5. The molecule has 0 saturated heterocycles. The SMILES string of the molecule is COc1cc(-c2c(Cl)ccn2S(=O)(=O)c2cc(C)c(Cl)c(C)c2)oc1C(C)=O. The molecule has 3 rings (SSSR count). The number of ketones is 1. The average molecular weight is 442 g/mol. The minimum Gasteiger partial charge on any atom is -0.493 e. The molecule has 0 saturated carbocycles. The van der Waals surface area contributed by atoms with Crippen LogP contribution in [0.3, 0.4) is 0 Å². The Labute approximate surface area is 172 Å². The average Bonchev–Trinajstić information content (AvgIpc) is 3.22. The fraction of sp³-hybridized carbons (Fsp3) is 0.211. The molecule has 6 nitrogen and oxygen atoms in total. The lowest BCUT2D eigenvalue weighted by molar-refractivity contribution is 0.0984. The summed E-state index contributed by atoms with van der Waals surface area (Å²) in [6.45, 7) is 4.78. The van der Waals surface area contributed by atoms with Crippen molar-refractivity contribution in [3.8, 4) is 17.2 Å². The van der Waals surface area contributed by atoms with Crippen molar-refractivity contribution in [1.82, 2.24) is 3.97 Å². The fourth-order valence-corrected chi connectivity index (χ4v) is 4.80. The molecule has 0 aliphatic carbocycles. The van der Waals surface area contributed by atoms with E-state index in [9.17, 15) is 13.2 Å². The van der Waals surface area contributed by atoms with Crippen molar-refractivity contribution in [2.45, 2.75) is 25.7 Å². The van der Waals surface area contributed by atoms with Crippen LogP contribution in [-0.2, 0) is 10.0 Å². The maximum absolute atomic E-state index is 13.3. The number of hydrogen-bond donors (Lipinski definition) is 0. The van der Waals surface area contributed by atoms with Crippen molar-refractivity contribution < 1.29 is 22.4 Å². The molecule has 0 amide bonds. The molecule has 0 N–H and O–H groups in total. The van der Waals surface area contributed by atoms with Gasteiger partial charge in [-0.3, -0.25) is 4.79 Å². The van der Waals surface area contributed by atoms with Gasteiger partial charge in [0.1, 0.15) is 5.69 Å². The number of aryl methyl sites for hydroxylation is 2. The first-order chi connectivity index (χ1) is 13.1. The summed E-state index contributed by atoms with van der Waals surface area (Å²) >= 11 is 12.4. The molecule has 0 aliphatic rings. The normalized spacial score (nSPS) is 11.6. The Balaban J connectivity index is 2.23. The quantitative estimate of drug-likeness (QED) is 0.513. The molecule has 0 unspecified atom stereocenters. The molecule has 1 aromatic carbocycles. The number of halogens is 2. The number of Topliss-reactive ketones (excluding diaryl/α,β-unsaturated/α-hetero) is 1. The second-order valence-electron chi connectivity index (χ2n) is 6.25. The van der Waals surface area contributed by atoms with Crippen LogP contribution in [0.2, 0.25) is 10.0 Å². The molecular weight excluding hydrogens is 425 g/mol. The van der Waals surface area contributed by atoms with Gasteiger partial charge in [0.05, 0.1) is 17.0 Å².